The highest BCUT2D eigenvalue weighted by molar-refractivity contribution is 5.87. The van der Waals surface area contributed by atoms with E-state index in [1.165, 1.54) is 16.5 Å². The van der Waals surface area contributed by atoms with Crippen molar-refractivity contribution in [3.05, 3.63) is 41.6 Å². The fraction of sp³-hybridized carbons (Fsp3) is 0.471. The average Bonchev–Trinajstić information content (AvgIpc) is 2.24. The van der Waals surface area contributed by atoms with Crippen LogP contribution in [0.15, 0.2) is 30.5 Å². The first-order valence-corrected chi connectivity index (χ1v) is 6.60. The molecule has 0 amide bonds. The SMILES string of the molecule is CC(C)(C)c1cccc2nccc(C(C)(C)C)c12. The normalized spacial score (nSPS) is 13.0. The summed E-state index contributed by atoms with van der Waals surface area (Å²) in [5, 5.41) is 1.33. The maximum Gasteiger partial charge on any atom is 0.0707 e. The highest BCUT2D eigenvalue weighted by Gasteiger charge is 2.23. The Hall–Kier alpha value is -1.37. The second kappa shape index (κ2) is 4.08. The van der Waals surface area contributed by atoms with Crippen LogP contribution < -0.4 is 0 Å². The van der Waals surface area contributed by atoms with Gasteiger partial charge in [0.2, 0.25) is 0 Å². The molecule has 0 N–H and O–H groups in total. The van der Waals surface area contributed by atoms with E-state index in [4.69, 9.17) is 0 Å². The van der Waals surface area contributed by atoms with E-state index in [1.807, 2.05) is 6.20 Å². The summed E-state index contributed by atoms with van der Waals surface area (Å²) in [6, 6.07) is 8.62. The number of benzene rings is 1. The van der Waals surface area contributed by atoms with E-state index < -0.39 is 0 Å². The molecule has 2 rings (SSSR count). The van der Waals surface area contributed by atoms with Crippen molar-refractivity contribution in [1.82, 2.24) is 4.98 Å². The minimum Gasteiger partial charge on any atom is -0.256 e. The molecular formula is C17H23N. The van der Waals surface area contributed by atoms with Gasteiger partial charge in [-0.1, -0.05) is 53.7 Å². The van der Waals surface area contributed by atoms with Crippen molar-refractivity contribution in [3.63, 3.8) is 0 Å². The van der Waals surface area contributed by atoms with Crippen molar-refractivity contribution < 1.29 is 0 Å². The van der Waals surface area contributed by atoms with Gasteiger partial charge < -0.3 is 0 Å². The molecule has 0 fully saturated rings. The molecule has 0 atom stereocenters. The summed E-state index contributed by atoms with van der Waals surface area (Å²) in [5.74, 6) is 0. The molecule has 1 aromatic heterocycles. The lowest BCUT2D eigenvalue weighted by Gasteiger charge is -2.27. The summed E-state index contributed by atoms with van der Waals surface area (Å²) in [5.41, 5.74) is 4.16. The number of aromatic nitrogens is 1. The van der Waals surface area contributed by atoms with Crippen molar-refractivity contribution in [2.24, 2.45) is 0 Å². The van der Waals surface area contributed by atoms with Crippen LogP contribution in [-0.2, 0) is 10.8 Å². The lowest BCUT2D eigenvalue weighted by molar-refractivity contribution is 0.580. The Balaban J connectivity index is 2.90. The number of pyridine rings is 1. The molecule has 96 valence electrons. The van der Waals surface area contributed by atoms with Crippen LogP contribution in [0.25, 0.3) is 10.9 Å². The molecule has 18 heavy (non-hydrogen) atoms. The Morgan fingerprint density at radius 2 is 1.33 bits per heavy atom. The predicted molar refractivity (Wildman–Crippen MR) is 79.1 cm³/mol. The molecule has 2 aromatic rings. The minimum atomic E-state index is 0.141. The summed E-state index contributed by atoms with van der Waals surface area (Å²) in [6.45, 7) is 13.6. The first-order chi connectivity index (χ1) is 8.21. The molecule has 0 unspecified atom stereocenters. The third-order valence-corrected chi connectivity index (χ3v) is 3.38. The topological polar surface area (TPSA) is 12.9 Å². The number of fused-ring (bicyclic) bond motifs is 1. The summed E-state index contributed by atoms with van der Waals surface area (Å²) >= 11 is 0. The number of rotatable bonds is 0. The molecule has 0 saturated carbocycles. The predicted octanol–water partition coefficient (Wildman–Crippen LogP) is 4.83. The van der Waals surface area contributed by atoms with Crippen LogP contribution in [0.2, 0.25) is 0 Å². The molecule has 0 aliphatic rings. The standard InChI is InChI=1S/C17H23N/c1-16(2,3)12-8-7-9-14-15(12)13(10-11-18-14)17(4,5)6/h7-11H,1-6H3. The van der Waals surface area contributed by atoms with Crippen molar-refractivity contribution in [2.75, 3.05) is 0 Å². The van der Waals surface area contributed by atoms with Gasteiger partial charge in [-0.2, -0.15) is 0 Å². The lowest BCUT2D eigenvalue weighted by Crippen LogP contribution is -2.17. The van der Waals surface area contributed by atoms with Crippen molar-refractivity contribution >= 4 is 10.9 Å². The van der Waals surface area contributed by atoms with Gasteiger partial charge in [0.25, 0.3) is 0 Å². The Kier molecular flexibility index (Phi) is 2.96. The summed E-state index contributed by atoms with van der Waals surface area (Å²) in [7, 11) is 0. The summed E-state index contributed by atoms with van der Waals surface area (Å²) < 4.78 is 0. The van der Waals surface area contributed by atoms with Crippen molar-refractivity contribution in [1.29, 1.82) is 0 Å². The van der Waals surface area contributed by atoms with E-state index >= 15 is 0 Å². The number of hydrogen-bond acceptors (Lipinski definition) is 1. The van der Waals surface area contributed by atoms with Gasteiger partial charge in [0, 0.05) is 11.6 Å². The number of hydrogen-bond donors (Lipinski definition) is 0. The molecule has 0 aliphatic heterocycles. The fourth-order valence-corrected chi connectivity index (χ4v) is 2.46. The first kappa shape index (κ1) is 13.1. The van der Waals surface area contributed by atoms with E-state index in [9.17, 15) is 0 Å². The zero-order valence-electron chi connectivity index (χ0n) is 12.3. The maximum absolute atomic E-state index is 4.53. The van der Waals surface area contributed by atoms with Crippen LogP contribution in [0.5, 0.6) is 0 Å². The van der Waals surface area contributed by atoms with Gasteiger partial charge >= 0.3 is 0 Å². The third-order valence-electron chi connectivity index (χ3n) is 3.38. The Labute approximate surface area is 110 Å². The molecule has 0 spiro atoms. The van der Waals surface area contributed by atoms with E-state index in [2.05, 4.69) is 70.8 Å². The molecule has 1 aromatic carbocycles. The highest BCUT2D eigenvalue weighted by Crippen LogP contribution is 2.36. The molecular weight excluding hydrogens is 218 g/mol. The van der Waals surface area contributed by atoms with Crippen LogP contribution in [0.1, 0.15) is 52.7 Å². The first-order valence-electron chi connectivity index (χ1n) is 6.60. The van der Waals surface area contributed by atoms with Crippen LogP contribution >= 0.6 is 0 Å². The van der Waals surface area contributed by atoms with Gasteiger partial charge in [-0.05, 0) is 34.1 Å². The highest BCUT2D eigenvalue weighted by atomic mass is 14.6. The zero-order valence-corrected chi connectivity index (χ0v) is 12.3. The van der Waals surface area contributed by atoms with E-state index in [0.717, 1.165) is 5.52 Å². The Morgan fingerprint density at radius 1 is 0.778 bits per heavy atom. The third kappa shape index (κ3) is 2.27. The zero-order chi connectivity index (χ0) is 13.6. The average molecular weight is 241 g/mol. The second-order valence-corrected chi connectivity index (χ2v) is 7.06. The van der Waals surface area contributed by atoms with E-state index in [-0.39, 0.29) is 10.8 Å². The van der Waals surface area contributed by atoms with E-state index in [0.29, 0.717) is 0 Å². The Morgan fingerprint density at radius 3 is 1.89 bits per heavy atom. The lowest BCUT2D eigenvalue weighted by atomic mass is 9.78. The smallest absolute Gasteiger partial charge is 0.0707 e. The van der Waals surface area contributed by atoms with Crippen LogP contribution in [0, 0.1) is 0 Å². The second-order valence-electron chi connectivity index (χ2n) is 7.06. The quantitative estimate of drug-likeness (QED) is 0.643. The van der Waals surface area contributed by atoms with Gasteiger partial charge in [-0.3, -0.25) is 4.98 Å². The maximum atomic E-state index is 4.53. The monoisotopic (exact) mass is 241 g/mol. The van der Waals surface area contributed by atoms with Gasteiger partial charge in [-0.25, -0.2) is 0 Å². The molecule has 1 heterocycles. The molecule has 0 bridgehead atoms. The van der Waals surface area contributed by atoms with Crippen LogP contribution in [0.4, 0.5) is 0 Å². The van der Waals surface area contributed by atoms with Gasteiger partial charge in [0.05, 0.1) is 5.52 Å². The van der Waals surface area contributed by atoms with Crippen LogP contribution in [-0.4, -0.2) is 4.98 Å². The van der Waals surface area contributed by atoms with Gasteiger partial charge in [-0.15, -0.1) is 0 Å². The van der Waals surface area contributed by atoms with Crippen molar-refractivity contribution in [2.45, 2.75) is 52.4 Å². The minimum absolute atomic E-state index is 0.141. The summed E-state index contributed by atoms with van der Waals surface area (Å²) in [4.78, 5) is 4.53. The molecule has 0 aliphatic carbocycles. The van der Waals surface area contributed by atoms with E-state index in [1.54, 1.807) is 0 Å². The van der Waals surface area contributed by atoms with Crippen molar-refractivity contribution in [3.8, 4) is 0 Å². The molecule has 1 heteroatoms. The van der Waals surface area contributed by atoms with Gasteiger partial charge in [0.1, 0.15) is 0 Å². The fourth-order valence-electron chi connectivity index (χ4n) is 2.46. The summed E-state index contributed by atoms with van der Waals surface area (Å²) in [6.07, 6.45) is 1.93. The van der Waals surface area contributed by atoms with Gasteiger partial charge in [0.15, 0.2) is 0 Å². The number of nitrogens with zero attached hydrogens (tertiary/aromatic N) is 1. The molecule has 1 nitrogen and oxygen atoms in total. The molecule has 0 saturated heterocycles. The largest absolute Gasteiger partial charge is 0.256 e. The Bertz CT molecular complexity index is 519. The molecule has 0 radical (unpaired) electrons. The van der Waals surface area contributed by atoms with Crippen LogP contribution in [0.3, 0.4) is 0 Å².